The summed E-state index contributed by atoms with van der Waals surface area (Å²) >= 11 is 0. The second-order valence-corrected chi connectivity index (χ2v) is 8.95. The van der Waals surface area contributed by atoms with E-state index in [2.05, 4.69) is 0 Å². The molecule has 1 saturated heterocycles. The summed E-state index contributed by atoms with van der Waals surface area (Å²) in [5, 5.41) is 9.57. The molecule has 34 heavy (non-hydrogen) atoms. The van der Waals surface area contributed by atoms with Crippen LogP contribution in [-0.4, -0.2) is 47.2 Å². The largest absolute Gasteiger partial charge is 0.387 e. The number of amides is 1. The standard InChI is InChI=1S/C29H29NO4/c1-19-10-9-15-23(20(19)2)27-24(28(33)21-11-5-3-6-12-21)16-30(26(32)18-31)17-25(27)29(34)22-13-7-4-8-14-22/h3-15,24-25,27,31H,16-18H2,1-2H3. The second kappa shape index (κ2) is 10.1. The van der Waals surface area contributed by atoms with Gasteiger partial charge in [-0.05, 0) is 30.5 Å². The number of nitrogens with zero attached hydrogens (tertiary/aromatic N) is 1. The number of piperidine rings is 1. The summed E-state index contributed by atoms with van der Waals surface area (Å²) < 4.78 is 0. The van der Waals surface area contributed by atoms with Crippen LogP contribution in [0.1, 0.15) is 43.3 Å². The topological polar surface area (TPSA) is 74.7 Å². The van der Waals surface area contributed by atoms with E-state index in [4.69, 9.17) is 0 Å². The fraction of sp³-hybridized carbons (Fsp3) is 0.276. The van der Waals surface area contributed by atoms with Crippen molar-refractivity contribution in [2.45, 2.75) is 19.8 Å². The highest BCUT2D eigenvalue weighted by atomic mass is 16.3. The zero-order valence-corrected chi connectivity index (χ0v) is 19.5. The van der Waals surface area contributed by atoms with Gasteiger partial charge in [-0.25, -0.2) is 0 Å². The minimum atomic E-state index is -0.660. The van der Waals surface area contributed by atoms with E-state index in [1.165, 1.54) is 4.90 Å². The number of aryl methyl sites for hydroxylation is 1. The first kappa shape index (κ1) is 23.6. The van der Waals surface area contributed by atoms with Crippen molar-refractivity contribution in [3.05, 3.63) is 107 Å². The number of carbonyl (C=O) groups is 3. The molecule has 0 aliphatic carbocycles. The quantitative estimate of drug-likeness (QED) is 0.565. The molecule has 5 nitrogen and oxygen atoms in total. The third-order valence-electron chi connectivity index (χ3n) is 6.98. The number of carbonyl (C=O) groups excluding carboxylic acids is 3. The predicted molar refractivity (Wildman–Crippen MR) is 131 cm³/mol. The average Bonchev–Trinajstić information content (AvgIpc) is 2.89. The number of ketones is 2. The Morgan fingerprint density at radius 2 is 1.26 bits per heavy atom. The lowest BCUT2D eigenvalue weighted by atomic mass is 9.67. The molecule has 0 aromatic heterocycles. The van der Waals surface area contributed by atoms with Crippen LogP contribution in [0.4, 0.5) is 0 Å². The third-order valence-corrected chi connectivity index (χ3v) is 6.98. The molecule has 1 N–H and O–H groups in total. The molecule has 5 heteroatoms. The van der Waals surface area contributed by atoms with Crippen molar-refractivity contribution in [3.8, 4) is 0 Å². The number of aliphatic hydroxyl groups excluding tert-OH is 1. The summed E-state index contributed by atoms with van der Waals surface area (Å²) in [5.41, 5.74) is 4.19. The number of benzene rings is 3. The molecule has 1 aliphatic rings. The second-order valence-electron chi connectivity index (χ2n) is 8.95. The smallest absolute Gasteiger partial charge is 0.248 e. The highest BCUT2D eigenvalue weighted by Gasteiger charge is 2.46. The lowest BCUT2D eigenvalue weighted by Gasteiger charge is -2.43. The molecule has 0 saturated carbocycles. The minimum Gasteiger partial charge on any atom is -0.387 e. The predicted octanol–water partition coefficient (Wildman–Crippen LogP) is 4.22. The summed E-state index contributed by atoms with van der Waals surface area (Å²) in [6.07, 6.45) is 0. The Morgan fingerprint density at radius 3 is 1.74 bits per heavy atom. The van der Waals surface area contributed by atoms with Crippen LogP contribution in [0.2, 0.25) is 0 Å². The molecule has 3 aromatic carbocycles. The first-order valence-electron chi connectivity index (χ1n) is 11.6. The summed E-state index contributed by atoms with van der Waals surface area (Å²) in [6, 6.07) is 24.0. The SMILES string of the molecule is Cc1cccc(C2C(C(=O)c3ccccc3)CN(C(=O)CO)CC2C(=O)c2ccccc2)c1C. The zero-order chi connectivity index (χ0) is 24.2. The summed E-state index contributed by atoms with van der Waals surface area (Å²) in [5.74, 6) is -2.32. The Balaban J connectivity index is 1.88. The maximum absolute atomic E-state index is 13.8. The molecule has 3 aromatic rings. The molecule has 174 valence electrons. The molecular weight excluding hydrogens is 426 g/mol. The van der Waals surface area contributed by atoms with Gasteiger partial charge in [0.05, 0.1) is 0 Å². The van der Waals surface area contributed by atoms with Crippen LogP contribution in [0.25, 0.3) is 0 Å². The Kier molecular flexibility index (Phi) is 7.03. The van der Waals surface area contributed by atoms with Crippen molar-refractivity contribution in [1.29, 1.82) is 0 Å². The average molecular weight is 456 g/mol. The zero-order valence-electron chi connectivity index (χ0n) is 19.5. The van der Waals surface area contributed by atoms with Crippen LogP contribution >= 0.6 is 0 Å². The lowest BCUT2D eigenvalue weighted by Crippen LogP contribution is -2.53. The van der Waals surface area contributed by atoms with E-state index in [-0.39, 0.29) is 24.7 Å². The van der Waals surface area contributed by atoms with E-state index in [1.54, 1.807) is 24.3 Å². The molecule has 4 rings (SSSR count). The van der Waals surface area contributed by atoms with Crippen molar-refractivity contribution in [3.63, 3.8) is 0 Å². The maximum Gasteiger partial charge on any atom is 0.248 e. The van der Waals surface area contributed by atoms with Gasteiger partial charge < -0.3 is 10.0 Å². The van der Waals surface area contributed by atoms with Gasteiger partial charge in [-0.2, -0.15) is 0 Å². The lowest BCUT2D eigenvalue weighted by molar-refractivity contribution is -0.136. The number of aliphatic hydroxyl groups is 1. The first-order chi connectivity index (χ1) is 16.4. The normalized spacial score (nSPS) is 20.1. The Morgan fingerprint density at radius 1 is 0.765 bits per heavy atom. The summed E-state index contributed by atoms with van der Waals surface area (Å²) in [4.78, 5) is 41.7. The number of hydrogen-bond acceptors (Lipinski definition) is 4. The number of rotatable bonds is 6. The number of Topliss-reactive ketones (excluding diaryl/α,β-unsaturated/α-hetero) is 2. The molecule has 1 aliphatic heterocycles. The highest BCUT2D eigenvalue weighted by molar-refractivity contribution is 6.02. The summed E-state index contributed by atoms with van der Waals surface area (Å²) in [6.45, 7) is 3.69. The molecule has 0 spiro atoms. The van der Waals surface area contributed by atoms with Gasteiger partial charge in [0.1, 0.15) is 6.61 Å². The van der Waals surface area contributed by atoms with Crippen LogP contribution in [-0.2, 0) is 4.79 Å². The van der Waals surface area contributed by atoms with Gasteiger partial charge in [0, 0.05) is 42.0 Å². The molecule has 2 atom stereocenters. The van der Waals surface area contributed by atoms with Crippen molar-refractivity contribution < 1.29 is 19.5 Å². The van der Waals surface area contributed by atoms with Gasteiger partial charge in [0.2, 0.25) is 5.91 Å². The van der Waals surface area contributed by atoms with Crippen molar-refractivity contribution in [2.24, 2.45) is 11.8 Å². The van der Waals surface area contributed by atoms with E-state index < -0.39 is 30.3 Å². The third kappa shape index (κ3) is 4.57. The van der Waals surface area contributed by atoms with E-state index >= 15 is 0 Å². The van der Waals surface area contributed by atoms with E-state index in [0.717, 1.165) is 16.7 Å². The van der Waals surface area contributed by atoms with Crippen LogP contribution in [0.5, 0.6) is 0 Å². The molecular formula is C29H29NO4. The molecule has 1 heterocycles. The summed E-state index contributed by atoms with van der Waals surface area (Å²) in [7, 11) is 0. The molecule has 2 unspecified atom stereocenters. The number of likely N-dealkylation sites (tertiary alicyclic amines) is 1. The van der Waals surface area contributed by atoms with Crippen molar-refractivity contribution >= 4 is 17.5 Å². The van der Waals surface area contributed by atoms with Crippen LogP contribution < -0.4 is 0 Å². The van der Waals surface area contributed by atoms with Crippen molar-refractivity contribution in [1.82, 2.24) is 4.90 Å². The molecule has 0 radical (unpaired) electrons. The van der Waals surface area contributed by atoms with Gasteiger partial charge in [0.25, 0.3) is 0 Å². The van der Waals surface area contributed by atoms with Gasteiger partial charge in [-0.15, -0.1) is 0 Å². The Labute approximate surface area is 200 Å². The fourth-order valence-corrected chi connectivity index (χ4v) is 5.05. The van der Waals surface area contributed by atoms with Crippen LogP contribution in [0.3, 0.4) is 0 Å². The number of hydrogen-bond donors (Lipinski definition) is 1. The van der Waals surface area contributed by atoms with E-state index in [0.29, 0.717) is 11.1 Å². The molecule has 0 bridgehead atoms. The van der Waals surface area contributed by atoms with Crippen LogP contribution in [0.15, 0.2) is 78.9 Å². The van der Waals surface area contributed by atoms with Gasteiger partial charge in [-0.1, -0.05) is 78.9 Å². The molecule has 1 fully saturated rings. The van der Waals surface area contributed by atoms with E-state index in [1.807, 2.05) is 68.4 Å². The Hall–Kier alpha value is -3.57. The monoisotopic (exact) mass is 455 g/mol. The molecule has 1 amide bonds. The van der Waals surface area contributed by atoms with Crippen molar-refractivity contribution in [2.75, 3.05) is 19.7 Å². The Bertz CT molecular complexity index is 1130. The highest BCUT2D eigenvalue weighted by Crippen LogP contribution is 2.42. The van der Waals surface area contributed by atoms with Crippen LogP contribution in [0, 0.1) is 25.7 Å². The van der Waals surface area contributed by atoms with Gasteiger partial charge in [0.15, 0.2) is 11.6 Å². The maximum atomic E-state index is 13.8. The van der Waals surface area contributed by atoms with Gasteiger partial charge in [-0.3, -0.25) is 14.4 Å². The van der Waals surface area contributed by atoms with E-state index in [9.17, 15) is 19.5 Å². The first-order valence-corrected chi connectivity index (χ1v) is 11.6. The fourth-order valence-electron chi connectivity index (χ4n) is 5.05. The van der Waals surface area contributed by atoms with Gasteiger partial charge >= 0.3 is 0 Å². The minimum absolute atomic E-state index is 0.104.